The molecule has 200 valence electrons. The summed E-state index contributed by atoms with van der Waals surface area (Å²) >= 11 is 0. The second-order valence-electron chi connectivity index (χ2n) is 10.3. The van der Waals surface area contributed by atoms with Gasteiger partial charge in [0.1, 0.15) is 5.69 Å². The van der Waals surface area contributed by atoms with Crippen LogP contribution in [0, 0.1) is 12.8 Å². The van der Waals surface area contributed by atoms with E-state index in [0.29, 0.717) is 50.3 Å². The van der Waals surface area contributed by atoms with Crippen molar-refractivity contribution < 1.29 is 9.59 Å². The molecule has 2 aliphatic heterocycles. The van der Waals surface area contributed by atoms with Gasteiger partial charge in [0.2, 0.25) is 5.95 Å². The highest BCUT2D eigenvalue weighted by atomic mass is 16.2. The number of nitrogens with one attached hydrogen (secondary N) is 2. The van der Waals surface area contributed by atoms with Gasteiger partial charge >= 0.3 is 6.03 Å². The van der Waals surface area contributed by atoms with Crippen molar-refractivity contribution in [2.75, 3.05) is 50.7 Å². The normalized spacial score (nSPS) is 19.1. The quantitative estimate of drug-likeness (QED) is 0.571. The van der Waals surface area contributed by atoms with Gasteiger partial charge in [0.05, 0.1) is 0 Å². The fraction of sp³-hybridized carbons (Fsp3) is 0.571. The molecule has 2 aromatic rings. The van der Waals surface area contributed by atoms with E-state index in [1.807, 2.05) is 18.7 Å². The topological polar surface area (TPSA) is 93.7 Å². The molecule has 0 unspecified atom stereocenters. The van der Waals surface area contributed by atoms with Crippen LogP contribution in [0.2, 0.25) is 0 Å². The maximum absolute atomic E-state index is 12.9. The molecule has 9 nitrogen and oxygen atoms in total. The number of benzene rings is 1. The maximum Gasteiger partial charge on any atom is 0.317 e. The number of aryl methyl sites for hydroxylation is 1. The van der Waals surface area contributed by atoms with Crippen molar-refractivity contribution in [3.05, 3.63) is 53.3 Å². The number of likely N-dealkylation sites (tertiary alicyclic amines) is 1. The minimum Gasteiger partial charge on any atom is -0.351 e. The largest absolute Gasteiger partial charge is 0.351 e. The van der Waals surface area contributed by atoms with E-state index in [2.05, 4.69) is 67.7 Å². The summed E-state index contributed by atoms with van der Waals surface area (Å²) in [5.41, 5.74) is 2.51. The second-order valence-corrected chi connectivity index (χ2v) is 10.3. The molecule has 0 aliphatic carbocycles. The molecule has 1 aromatic carbocycles. The van der Waals surface area contributed by atoms with Crippen LogP contribution in [0.25, 0.3) is 0 Å². The standard InChI is InChI=1S/C28H41N7O2/c1-4-29-26(36)25-18-21(2)31-27(32-25)34-16-17-35(22(3)19-34)28(37)30-13-10-23-11-14-33(15-12-23)20-24-8-6-5-7-9-24/h5-9,18,22-23H,4,10-17,19-20H2,1-3H3,(H,29,36)(H,30,37)/t22-/m1/s1. The van der Waals surface area contributed by atoms with Crippen LogP contribution in [0.3, 0.4) is 0 Å². The van der Waals surface area contributed by atoms with E-state index < -0.39 is 0 Å². The predicted octanol–water partition coefficient (Wildman–Crippen LogP) is 3.06. The highest BCUT2D eigenvalue weighted by Gasteiger charge is 2.29. The fourth-order valence-electron chi connectivity index (χ4n) is 5.26. The first-order valence-electron chi connectivity index (χ1n) is 13.6. The number of hydrogen-bond acceptors (Lipinski definition) is 6. The number of aromatic nitrogens is 2. The number of anilines is 1. The van der Waals surface area contributed by atoms with Gasteiger partial charge in [-0.3, -0.25) is 9.69 Å². The molecule has 2 aliphatic rings. The van der Waals surface area contributed by atoms with E-state index in [9.17, 15) is 9.59 Å². The Labute approximate surface area is 220 Å². The molecule has 3 heterocycles. The lowest BCUT2D eigenvalue weighted by Gasteiger charge is -2.40. The van der Waals surface area contributed by atoms with Crippen molar-refractivity contribution in [1.29, 1.82) is 0 Å². The fourth-order valence-corrected chi connectivity index (χ4v) is 5.26. The third-order valence-corrected chi connectivity index (χ3v) is 7.37. The van der Waals surface area contributed by atoms with Crippen LogP contribution in [0.15, 0.2) is 36.4 Å². The molecule has 4 rings (SSSR count). The lowest BCUT2D eigenvalue weighted by atomic mass is 9.93. The first kappa shape index (κ1) is 26.9. The monoisotopic (exact) mass is 507 g/mol. The van der Waals surface area contributed by atoms with Crippen LogP contribution in [-0.4, -0.2) is 83.6 Å². The number of urea groups is 1. The van der Waals surface area contributed by atoms with Crippen LogP contribution in [-0.2, 0) is 6.54 Å². The van der Waals surface area contributed by atoms with Gasteiger partial charge in [0.25, 0.3) is 5.91 Å². The number of nitrogens with zero attached hydrogens (tertiary/aromatic N) is 5. The Bertz CT molecular complexity index is 1040. The summed E-state index contributed by atoms with van der Waals surface area (Å²) in [4.78, 5) is 40.7. The van der Waals surface area contributed by atoms with E-state index in [4.69, 9.17) is 0 Å². The molecule has 0 saturated carbocycles. The van der Waals surface area contributed by atoms with Crippen molar-refractivity contribution in [1.82, 2.24) is 30.4 Å². The second kappa shape index (κ2) is 12.9. The summed E-state index contributed by atoms with van der Waals surface area (Å²) in [6.07, 6.45) is 3.40. The number of piperazine rings is 1. The lowest BCUT2D eigenvalue weighted by molar-refractivity contribution is 0.0950. The zero-order chi connectivity index (χ0) is 26.2. The van der Waals surface area contributed by atoms with Crippen LogP contribution in [0.1, 0.15) is 54.9 Å². The Morgan fingerprint density at radius 3 is 2.49 bits per heavy atom. The Morgan fingerprint density at radius 2 is 1.78 bits per heavy atom. The van der Waals surface area contributed by atoms with Crippen molar-refractivity contribution in [3.8, 4) is 0 Å². The highest BCUT2D eigenvalue weighted by molar-refractivity contribution is 5.92. The number of amides is 3. The van der Waals surface area contributed by atoms with Crippen LogP contribution < -0.4 is 15.5 Å². The van der Waals surface area contributed by atoms with Crippen molar-refractivity contribution >= 4 is 17.9 Å². The van der Waals surface area contributed by atoms with E-state index in [0.717, 1.165) is 31.7 Å². The molecule has 37 heavy (non-hydrogen) atoms. The molecule has 9 heteroatoms. The Kier molecular flexibility index (Phi) is 9.33. The van der Waals surface area contributed by atoms with E-state index in [1.165, 1.54) is 18.4 Å². The van der Waals surface area contributed by atoms with Gasteiger partial charge in [-0.15, -0.1) is 0 Å². The molecular formula is C28H41N7O2. The molecule has 1 atom stereocenters. The summed E-state index contributed by atoms with van der Waals surface area (Å²) in [5, 5.41) is 5.95. The number of hydrogen-bond donors (Lipinski definition) is 2. The molecule has 2 fully saturated rings. The Hall–Kier alpha value is -3.20. The van der Waals surface area contributed by atoms with Gasteiger partial charge in [-0.25, -0.2) is 14.8 Å². The average Bonchev–Trinajstić information content (AvgIpc) is 2.90. The smallest absolute Gasteiger partial charge is 0.317 e. The predicted molar refractivity (Wildman–Crippen MR) is 146 cm³/mol. The van der Waals surface area contributed by atoms with Crippen molar-refractivity contribution in [2.45, 2.75) is 52.6 Å². The average molecular weight is 508 g/mol. The van der Waals surface area contributed by atoms with Crippen LogP contribution in [0.4, 0.5) is 10.7 Å². The third-order valence-electron chi connectivity index (χ3n) is 7.37. The SMILES string of the molecule is CCNC(=O)c1cc(C)nc(N2CCN(C(=O)NCCC3CCN(Cc4ccccc4)CC3)[C@H](C)C2)n1. The van der Waals surface area contributed by atoms with Gasteiger partial charge in [0, 0.05) is 51.0 Å². The summed E-state index contributed by atoms with van der Waals surface area (Å²) in [7, 11) is 0. The molecule has 2 N–H and O–H groups in total. The van der Waals surface area contributed by atoms with E-state index in [1.54, 1.807) is 6.07 Å². The molecule has 3 amide bonds. The lowest BCUT2D eigenvalue weighted by Crippen LogP contribution is -2.57. The first-order chi connectivity index (χ1) is 17.9. The van der Waals surface area contributed by atoms with Gasteiger partial charge in [0.15, 0.2) is 0 Å². The summed E-state index contributed by atoms with van der Waals surface area (Å²) < 4.78 is 0. The molecule has 2 saturated heterocycles. The number of carbonyl (C=O) groups excluding carboxylic acids is 2. The van der Waals surface area contributed by atoms with Crippen molar-refractivity contribution in [2.24, 2.45) is 5.92 Å². The number of piperidine rings is 1. The Morgan fingerprint density at radius 1 is 1.03 bits per heavy atom. The zero-order valence-corrected chi connectivity index (χ0v) is 22.4. The van der Waals surface area contributed by atoms with Gasteiger partial charge in [-0.2, -0.15) is 0 Å². The third kappa shape index (κ3) is 7.41. The van der Waals surface area contributed by atoms with Gasteiger partial charge in [-0.05, 0) is 70.7 Å². The van der Waals surface area contributed by atoms with Gasteiger partial charge in [-0.1, -0.05) is 30.3 Å². The Balaban J connectivity index is 1.19. The zero-order valence-electron chi connectivity index (χ0n) is 22.4. The summed E-state index contributed by atoms with van der Waals surface area (Å²) in [5.74, 6) is 1.02. The molecular weight excluding hydrogens is 466 g/mol. The molecule has 1 aromatic heterocycles. The van der Waals surface area contributed by atoms with E-state index >= 15 is 0 Å². The first-order valence-corrected chi connectivity index (χ1v) is 13.6. The van der Waals surface area contributed by atoms with Crippen LogP contribution in [0.5, 0.6) is 0 Å². The minimum atomic E-state index is -0.192. The van der Waals surface area contributed by atoms with Crippen molar-refractivity contribution in [3.63, 3.8) is 0 Å². The maximum atomic E-state index is 12.9. The molecule has 0 spiro atoms. The van der Waals surface area contributed by atoms with Crippen LogP contribution >= 0.6 is 0 Å². The van der Waals surface area contributed by atoms with E-state index in [-0.39, 0.29) is 18.0 Å². The minimum absolute atomic E-state index is 0.00170. The number of rotatable bonds is 8. The summed E-state index contributed by atoms with van der Waals surface area (Å²) in [6, 6.07) is 12.4. The molecule has 0 radical (unpaired) electrons. The highest BCUT2D eigenvalue weighted by Crippen LogP contribution is 2.22. The van der Waals surface area contributed by atoms with Gasteiger partial charge < -0.3 is 20.4 Å². The summed E-state index contributed by atoms with van der Waals surface area (Å²) in [6.45, 7) is 12.2. The molecule has 0 bridgehead atoms. The number of carbonyl (C=O) groups is 2.